The van der Waals surface area contributed by atoms with Gasteiger partial charge in [-0.25, -0.2) is 18.1 Å². The number of aromatic nitrogens is 1. The molecule has 0 radical (unpaired) electrons. The normalized spacial score (nSPS) is 14.8. The summed E-state index contributed by atoms with van der Waals surface area (Å²) in [5.74, 6) is 0. The molecule has 22 heavy (non-hydrogen) atoms. The van der Waals surface area contributed by atoms with Gasteiger partial charge in [0.2, 0.25) is 10.0 Å². The summed E-state index contributed by atoms with van der Waals surface area (Å²) in [4.78, 5) is 5.86. The van der Waals surface area contributed by atoms with Gasteiger partial charge in [0.05, 0.1) is 17.1 Å². The number of fused-ring (bicyclic) bond motifs is 1. The Kier molecular flexibility index (Phi) is 4.34. The molecule has 2 aromatic rings. The maximum Gasteiger partial charge on any atom is 0.240 e. The lowest BCUT2D eigenvalue weighted by atomic mass is 9.92. The van der Waals surface area contributed by atoms with Gasteiger partial charge in [-0.05, 0) is 62.8 Å². The quantitative estimate of drug-likeness (QED) is 0.933. The lowest BCUT2D eigenvalue weighted by Gasteiger charge is -2.16. The van der Waals surface area contributed by atoms with Gasteiger partial charge in [-0.2, -0.15) is 0 Å². The van der Waals surface area contributed by atoms with E-state index in [1.54, 1.807) is 6.07 Å². The SMILES string of the molecule is Cc1nc(CNS(=O)(=O)c2ccc3c(c2)CCCC3)sc1C. The number of benzene rings is 1. The van der Waals surface area contributed by atoms with Crippen LogP contribution < -0.4 is 4.72 Å². The number of nitrogens with zero attached hydrogens (tertiary/aromatic N) is 1. The first kappa shape index (κ1) is 15.6. The summed E-state index contributed by atoms with van der Waals surface area (Å²) in [6, 6.07) is 5.50. The predicted molar refractivity (Wildman–Crippen MR) is 88.7 cm³/mol. The van der Waals surface area contributed by atoms with Crippen LogP contribution in [-0.2, 0) is 29.4 Å². The van der Waals surface area contributed by atoms with Gasteiger partial charge in [0.25, 0.3) is 0 Å². The van der Waals surface area contributed by atoms with Gasteiger partial charge in [-0.1, -0.05) is 6.07 Å². The van der Waals surface area contributed by atoms with Crippen LogP contribution in [0.25, 0.3) is 0 Å². The molecule has 0 spiro atoms. The molecule has 0 atom stereocenters. The fraction of sp³-hybridized carbons (Fsp3) is 0.438. The van der Waals surface area contributed by atoms with Gasteiger partial charge in [0.1, 0.15) is 5.01 Å². The standard InChI is InChI=1S/C16H20N2O2S2/c1-11-12(2)21-16(18-11)10-17-22(19,20)15-8-7-13-5-3-4-6-14(13)9-15/h7-9,17H,3-6,10H2,1-2H3. The molecule has 0 saturated carbocycles. The van der Waals surface area contributed by atoms with Crippen LogP contribution >= 0.6 is 11.3 Å². The number of hydrogen-bond donors (Lipinski definition) is 1. The molecule has 4 nitrogen and oxygen atoms in total. The van der Waals surface area contributed by atoms with Gasteiger partial charge in [-0.3, -0.25) is 0 Å². The largest absolute Gasteiger partial charge is 0.245 e. The van der Waals surface area contributed by atoms with Crippen LogP contribution in [0.4, 0.5) is 0 Å². The van der Waals surface area contributed by atoms with E-state index in [0.29, 0.717) is 4.90 Å². The van der Waals surface area contributed by atoms with Crippen molar-refractivity contribution in [1.82, 2.24) is 9.71 Å². The Hall–Kier alpha value is -1.24. The first-order chi connectivity index (χ1) is 10.5. The number of aryl methyl sites for hydroxylation is 4. The number of nitrogens with one attached hydrogen (secondary N) is 1. The lowest BCUT2D eigenvalue weighted by Crippen LogP contribution is -2.23. The highest BCUT2D eigenvalue weighted by Crippen LogP contribution is 2.24. The highest BCUT2D eigenvalue weighted by molar-refractivity contribution is 7.89. The van der Waals surface area contributed by atoms with E-state index in [4.69, 9.17) is 0 Å². The molecule has 0 bridgehead atoms. The van der Waals surface area contributed by atoms with E-state index in [1.165, 1.54) is 28.9 Å². The highest BCUT2D eigenvalue weighted by Gasteiger charge is 2.18. The topological polar surface area (TPSA) is 59.1 Å². The van der Waals surface area contributed by atoms with Gasteiger partial charge >= 0.3 is 0 Å². The first-order valence-corrected chi connectivity index (χ1v) is 9.80. The summed E-state index contributed by atoms with van der Waals surface area (Å²) in [6.07, 6.45) is 4.37. The van der Waals surface area contributed by atoms with E-state index >= 15 is 0 Å². The molecule has 6 heteroatoms. The smallest absolute Gasteiger partial charge is 0.240 e. The van der Waals surface area contributed by atoms with Crippen LogP contribution in [0.3, 0.4) is 0 Å². The Balaban J connectivity index is 1.77. The van der Waals surface area contributed by atoms with Crippen molar-refractivity contribution in [3.05, 3.63) is 44.9 Å². The molecule has 1 aromatic carbocycles. The Labute approximate surface area is 135 Å². The second-order valence-corrected chi connectivity index (χ2v) is 8.77. The fourth-order valence-electron chi connectivity index (χ4n) is 2.73. The second kappa shape index (κ2) is 6.10. The van der Waals surface area contributed by atoms with E-state index in [9.17, 15) is 8.42 Å². The number of sulfonamides is 1. The second-order valence-electron chi connectivity index (χ2n) is 5.71. The third-order valence-electron chi connectivity index (χ3n) is 4.12. The summed E-state index contributed by atoms with van der Waals surface area (Å²) in [7, 11) is -3.48. The number of thiazole rings is 1. The molecule has 1 aliphatic rings. The maximum atomic E-state index is 12.4. The highest BCUT2D eigenvalue weighted by atomic mass is 32.2. The Morgan fingerprint density at radius 1 is 1.18 bits per heavy atom. The van der Waals surface area contributed by atoms with Gasteiger partial charge in [0.15, 0.2) is 0 Å². The zero-order chi connectivity index (χ0) is 15.7. The zero-order valence-electron chi connectivity index (χ0n) is 12.8. The van der Waals surface area contributed by atoms with E-state index in [-0.39, 0.29) is 6.54 Å². The predicted octanol–water partition coefficient (Wildman–Crippen LogP) is 3.12. The molecule has 118 valence electrons. The van der Waals surface area contributed by atoms with Crippen molar-refractivity contribution in [3.8, 4) is 0 Å². The fourth-order valence-corrected chi connectivity index (χ4v) is 4.73. The molecule has 0 aliphatic heterocycles. The van der Waals surface area contributed by atoms with Crippen molar-refractivity contribution in [2.45, 2.75) is 51.0 Å². The van der Waals surface area contributed by atoms with Gasteiger partial charge in [0, 0.05) is 4.88 Å². The molecule has 1 aromatic heterocycles. The summed E-state index contributed by atoms with van der Waals surface area (Å²) >= 11 is 1.54. The minimum atomic E-state index is -3.48. The van der Waals surface area contributed by atoms with Crippen molar-refractivity contribution in [3.63, 3.8) is 0 Å². The van der Waals surface area contributed by atoms with E-state index in [1.807, 2.05) is 26.0 Å². The summed E-state index contributed by atoms with van der Waals surface area (Å²) in [6.45, 7) is 4.18. The minimum absolute atomic E-state index is 0.249. The van der Waals surface area contributed by atoms with Crippen molar-refractivity contribution in [2.24, 2.45) is 0 Å². The molecular formula is C16H20N2O2S2. The van der Waals surface area contributed by atoms with Crippen LogP contribution in [0.5, 0.6) is 0 Å². The van der Waals surface area contributed by atoms with Gasteiger partial charge in [-0.15, -0.1) is 11.3 Å². The van der Waals surface area contributed by atoms with E-state index in [2.05, 4.69) is 9.71 Å². The molecule has 0 unspecified atom stereocenters. The Bertz CT molecular complexity index is 775. The third kappa shape index (κ3) is 3.24. The maximum absolute atomic E-state index is 12.4. The van der Waals surface area contributed by atoms with Crippen molar-refractivity contribution >= 4 is 21.4 Å². The molecular weight excluding hydrogens is 316 g/mol. The summed E-state index contributed by atoms with van der Waals surface area (Å²) in [5.41, 5.74) is 3.43. The molecule has 3 rings (SSSR count). The zero-order valence-corrected chi connectivity index (χ0v) is 14.5. The molecule has 0 saturated heterocycles. The van der Waals surface area contributed by atoms with Crippen molar-refractivity contribution in [1.29, 1.82) is 0 Å². The summed E-state index contributed by atoms with van der Waals surface area (Å²) < 4.78 is 27.6. The lowest BCUT2D eigenvalue weighted by molar-refractivity contribution is 0.580. The Morgan fingerprint density at radius 2 is 1.91 bits per heavy atom. The average molecular weight is 336 g/mol. The van der Waals surface area contributed by atoms with Crippen molar-refractivity contribution in [2.75, 3.05) is 0 Å². The van der Waals surface area contributed by atoms with Crippen LogP contribution in [0.2, 0.25) is 0 Å². The first-order valence-electron chi connectivity index (χ1n) is 7.50. The van der Waals surface area contributed by atoms with Crippen LogP contribution in [0.15, 0.2) is 23.1 Å². The molecule has 0 amide bonds. The molecule has 1 heterocycles. The third-order valence-corrected chi connectivity index (χ3v) is 6.59. The van der Waals surface area contributed by atoms with Crippen molar-refractivity contribution < 1.29 is 8.42 Å². The van der Waals surface area contributed by atoms with Crippen LogP contribution in [-0.4, -0.2) is 13.4 Å². The Morgan fingerprint density at radius 3 is 2.59 bits per heavy atom. The van der Waals surface area contributed by atoms with Gasteiger partial charge < -0.3 is 0 Å². The number of rotatable bonds is 4. The van der Waals surface area contributed by atoms with Crippen LogP contribution in [0.1, 0.15) is 39.5 Å². The van der Waals surface area contributed by atoms with E-state index in [0.717, 1.165) is 34.8 Å². The number of hydrogen-bond acceptors (Lipinski definition) is 4. The molecule has 0 fully saturated rings. The molecule has 1 aliphatic carbocycles. The molecule has 1 N–H and O–H groups in total. The monoisotopic (exact) mass is 336 g/mol. The average Bonchev–Trinajstić information content (AvgIpc) is 2.83. The summed E-state index contributed by atoms with van der Waals surface area (Å²) in [5, 5.41) is 0.802. The van der Waals surface area contributed by atoms with E-state index < -0.39 is 10.0 Å². The minimum Gasteiger partial charge on any atom is -0.245 e. The van der Waals surface area contributed by atoms with Crippen LogP contribution in [0, 0.1) is 13.8 Å².